The SMILES string of the molecule is [O-2].[O-2].[O-2].[Os+6]. The summed E-state index contributed by atoms with van der Waals surface area (Å²) >= 11 is 0. The Labute approximate surface area is 37.0 Å². The topological polar surface area (TPSA) is 85.5 Å². The second-order valence-electron chi connectivity index (χ2n) is 0. The summed E-state index contributed by atoms with van der Waals surface area (Å²) in [4.78, 5) is 0. The summed E-state index contributed by atoms with van der Waals surface area (Å²) in [5.41, 5.74) is 0. The fourth-order valence-corrected chi connectivity index (χ4v) is 0. The molecule has 4 heavy (non-hydrogen) atoms. The molecule has 0 spiro atoms. The fraction of sp³-hybridized carbons (Fsp3) is 0. The second-order valence-corrected chi connectivity index (χ2v) is 0. The third kappa shape index (κ3) is 21.7. The molecule has 0 rings (SSSR count). The minimum atomic E-state index is 0. The number of rotatable bonds is 0. The van der Waals surface area contributed by atoms with E-state index in [2.05, 4.69) is 0 Å². The maximum absolute atomic E-state index is 0. The van der Waals surface area contributed by atoms with E-state index in [9.17, 15) is 0 Å². The van der Waals surface area contributed by atoms with Gasteiger partial charge in [-0.15, -0.1) is 0 Å². The number of hydrogen-bond donors (Lipinski definition) is 0. The zero-order valence-electron chi connectivity index (χ0n) is 1.58. The van der Waals surface area contributed by atoms with E-state index in [1.54, 1.807) is 0 Å². The molecular weight excluding hydrogens is 238 g/mol. The molecule has 0 radical (unpaired) electrons. The van der Waals surface area contributed by atoms with Crippen LogP contribution >= 0.6 is 0 Å². The molecule has 0 aromatic heterocycles. The van der Waals surface area contributed by atoms with Gasteiger partial charge in [0.2, 0.25) is 0 Å². The molecular formula is O3Os. The zero-order valence-corrected chi connectivity index (χ0v) is 4.12. The summed E-state index contributed by atoms with van der Waals surface area (Å²) in [6.07, 6.45) is 0. The molecule has 0 bridgehead atoms. The van der Waals surface area contributed by atoms with Gasteiger partial charge in [0.05, 0.1) is 0 Å². The van der Waals surface area contributed by atoms with E-state index in [4.69, 9.17) is 0 Å². The molecule has 0 saturated heterocycles. The van der Waals surface area contributed by atoms with Crippen LogP contribution in [0.2, 0.25) is 0 Å². The average molecular weight is 238 g/mol. The molecule has 0 amide bonds. The minimum Gasteiger partial charge on any atom is -2.00 e. The van der Waals surface area contributed by atoms with E-state index in [-0.39, 0.29) is 36.2 Å². The predicted octanol–water partition coefficient (Wildman–Crippen LogP) is -0.359. The average Bonchev–Trinajstić information content (AvgIpc) is 0. The Kier molecular flexibility index (Phi) is 4370. The van der Waals surface area contributed by atoms with Crippen molar-refractivity contribution in [3.63, 3.8) is 0 Å². The first-order valence-corrected chi connectivity index (χ1v) is 0. The second kappa shape index (κ2) is 83.5. The van der Waals surface area contributed by atoms with Crippen molar-refractivity contribution < 1.29 is 36.2 Å². The summed E-state index contributed by atoms with van der Waals surface area (Å²) in [6.45, 7) is 0. The van der Waals surface area contributed by atoms with Gasteiger partial charge in [-0.2, -0.15) is 0 Å². The Morgan fingerprint density at radius 1 is 0.500 bits per heavy atom. The summed E-state index contributed by atoms with van der Waals surface area (Å²) in [5.74, 6) is 0. The predicted molar refractivity (Wildman–Crippen MR) is 2.06 cm³/mol. The maximum Gasteiger partial charge on any atom is 6.00 e. The van der Waals surface area contributed by atoms with Crippen LogP contribution < -0.4 is 0 Å². The van der Waals surface area contributed by atoms with Crippen molar-refractivity contribution >= 4 is 0 Å². The van der Waals surface area contributed by atoms with Gasteiger partial charge in [-0.05, 0) is 0 Å². The maximum atomic E-state index is 0. The van der Waals surface area contributed by atoms with Gasteiger partial charge >= 0.3 is 19.8 Å². The normalized spacial score (nSPS) is 0. The summed E-state index contributed by atoms with van der Waals surface area (Å²) in [7, 11) is 0. The van der Waals surface area contributed by atoms with E-state index < -0.39 is 0 Å². The molecule has 0 aliphatic carbocycles. The van der Waals surface area contributed by atoms with Crippen LogP contribution in [0.3, 0.4) is 0 Å². The monoisotopic (exact) mass is 240 g/mol. The molecule has 0 aromatic carbocycles. The summed E-state index contributed by atoms with van der Waals surface area (Å²) in [5, 5.41) is 0. The zero-order chi connectivity index (χ0) is 0. The van der Waals surface area contributed by atoms with Crippen molar-refractivity contribution in [2.75, 3.05) is 0 Å². The van der Waals surface area contributed by atoms with Crippen molar-refractivity contribution in [1.82, 2.24) is 0 Å². The Morgan fingerprint density at radius 3 is 0.500 bits per heavy atom. The minimum absolute atomic E-state index is 0. The first-order valence-electron chi connectivity index (χ1n) is 0. The molecule has 0 aromatic rings. The molecule has 0 heterocycles. The van der Waals surface area contributed by atoms with Crippen LogP contribution in [0.1, 0.15) is 0 Å². The molecule has 0 atom stereocenters. The third-order valence-corrected chi connectivity index (χ3v) is 0. The standard InChI is InChI=1S/3O.Os/q3*-2;+6. The van der Waals surface area contributed by atoms with Gasteiger partial charge < -0.3 is 16.4 Å². The Morgan fingerprint density at radius 2 is 0.500 bits per heavy atom. The van der Waals surface area contributed by atoms with Crippen molar-refractivity contribution in [3.05, 3.63) is 0 Å². The van der Waals surface area contributed by atoms with Gasteiger partial charge in [-0.3, -0.25) is 0 Å². The molecule has 4 heteroatoms. The van der Waals surface area contributed by atoms with Crippen LogP contribution in [0.25, 0.3) is 0 Å². The Bertz CT molecular complexity index is 3.25. The van der Waals surface area contributed by atoms with Crippen molar-refractivity contribution in [2.24, 2.45) is 0 Å². The van der Waals surface area contributed by atoms with Crippen LogP contribution in [0.4, 0.5) is 0 Å². The first kappa shape index (κ1) is 209. The van der Waals surface area contributed by atoms with E-state index in [1.165, 1.54) is 0 Å². The Hall–Kier alpha value is 0.516. The van der Waals surface area contributed by atoms with Crippen molar-refractivity contribution in [1.29, 1.82) is 0 Å². The third-order valence-electron chi connectivity index (χ3n) is 0. The van der Waals surface area contributed by atoms with Gasteiger partial charge in [-0.25, -0.2) is 0 Å². The molecule has 3 nitrogen and oxygen atoms in total. The van der Waals surface area contributed by atoms with Crippen LogP contribution in [0.5, 0.6) is 0 Å². The van der Waals surface area contributed by atoms with Crippen LogP contribution in [0.15, 0.2) is 0 Å². The van der Waals surface area contributed by atoms with E-state index >= 15 is 0 Å². The van der Waals surface area contributed by atoms with Crippen molar-refractivity contribution in [3.8, 4) is 0 Å². The van der Waals surface area contributed by atoms with Gasteiger partial charge in [-0.1, -0.05) is 0 Å². The largest absolute Gasteiger partial charge is 6.00 e. The van der Waals surface area contributed by atoms with E-state index in [0.717, 1.165) is 0 Å². The van der Waals surface area contributed by atoms with E-state index in [0.29, 0.717) is 0 Å². The van der Waals surface area contributed by atoms with Gasteiger partial charge in [0.25, 0.3) is 0 Å². The molecule has 0 saturated carbocycles. The van der Waals surface area contributed by atoms with Crippen LogP contribution in [-0.2, 0) is 36.2 Å². The smallest absolute Gasteiger partial charge is 2.00 e. The molecule has 0 unspecified atom stereocenters. The van der Waals surface area contributed by atoms with E-state index in [1.807, 2.05) is 0 Å². The van der Waals surface area contributed by atoms with Crippen molar-refractivity contribution in [2.45, 2.75) is 0 Å². The summed E-state index contributed by atoms with van der Waals surface area (Å²) < 4.78 is 0. The van der Waals surface area contributed by atoms with Crippen LogP contribution in [-0.4, -0.2) is 0 Å². The summed E-state index contributed by atoms with van der Waals surface area (Å²) in [6, 6.07) is 0. The fourth-order valence-electron chi connectivity index (χ4n) is 0. The number of hydrogen-bond acceptors (Lipinski definition) is 0. The molecule has 0 fully saturated rings. The van der Waals surface area contributed by atoms with Gasteiger partial charge in [0, 0.05) is 0 Å². The van der Waals surface area contributed by atoms with Crippen LogP contribution in [0, 0.1) is 0 Å². The molecule has 26 valence electrons. The molecule has 0 aliphatic rings. The Balaban J connectivity index is 0. The molecule has 0 N–H and O–H groups in total. The van der Waals surface area contributed by atoms with Gasteiger partial charge in [0.15, 0.2) is 0 Å². The first-order chi connectivity index (χ1) is 0. The molecule has 0 aliphatic heterocycles. The quantitative estimate of drug-likeness (QED) is 0.552. The van der Waals surface area contributed by atoms with Gasteiger partial charge in [0.1, 0.15) is 0 Å².